The van der Waals surface area contributed by atoms with Gasteiger partial charge in [-0.25, -0.2) is 9.79 Å². The minimum atomic E-state index is -0.407. The molecule has 2 aromatic carbocycles. The maximum absolute atomic E-state index is 13.6. The molecule has 2 aliphatic rings. The summed E-state index contributed by atoms with van der Waals surface area (Å²) in [6, 6.07) is 18.1. The van der Waals surface area contributed by atoms with Gasteiger partial charge in [0.2, 0.25) is 5.96 Å². The molecule has 0 spiro atoms. The van der Waals surface area contributed by atoms with Crippen LogP contribution in [0.25, 0.3) is 0 Å². The summed E-state index contributed by atoms with van der Waals surface area (Å²) in [7, 11) is 0. The van der Waals surface area contributed by atoms with Crippen molar-refractivity contribution in [3.63, 3.8) is 0 Å². The number of aromatic nitrogens is 1. The maximum Gasteiger partial charge on any atom is 0.320 e. The second kappa shape index (κ2) is 17.5. The van der Waals surface area contributed by atoms with Crippen LogP contribution in [0.4, 0.5) is 10.5 Å². The number of fused-ring (bicyclic) bond motifs is 1. The molecule has 1 aliphatic carbocycles. The average molecular weight is 715 g/mol. The number of rotatable bonds is 10. The van der Waals surface area contributed by atoms with E-state index in [0.717, 1.165) is 37.1 Å². The predicted octanol–water partition coefficient (Wildman–Crippen LogP) is 6.78. The number of hydrogen-bond donors (Lipinski definition) is 5. The van der Waals surface area contributed by atoms with Crippen molar-refractivity contribution >= 4 is 35.6 Å². The Morgan fingerprint density at radius 2 is 1.78 bits per heavy atom. The van der Waals surface area contributed by atoms with Crippen LogP contribution in [0.15, 0.2) is 83.6 Å². The smallest absolute Gasteiger partial charge is 0.320 e. The Labute approximate surface area is 304 Å². The normalized spacial score (nSPS) is 18.1. The topological polar surface area (TPSA) is 163 Å². The fourth-order valence-electron chi connectivity index (χ4n) is 6.00. The monoisotopic (exact) mass is 714 g/mol. The minimum Gasteiger partial charge on any atom is -0.491 e. The Morgan fingerprint density at radius 3 is 2.53 bits per heavy atom. The van der Waals surface area contributed by atoms with Gasteiger partial charge in [-0.05, 0) is 79.5 Å². The van der Waals surface area contributed by atoms with E-state index in [1.165, 1.54) is 18.5 Å². The van der Waals surface area contributed by atoms with E-state index in [1.54, 1.807) is 35.0 Å². The van der Waals surface area contributed by atoms with Crippen LogP contribution in [-0.2, 0) is 4.18 Å². The van der Waals surface area contributed by atoms with Crippen molar-refractivity contribution < 1.29 is 18.5 Å². The Morgan fingerprint density at radius 1 is 1.02 bits per heavy atom. The molecule has 1 aliphatic heterocycles. The van der Waals surface area contributed by atoms with Crippen molar-refractivity contribution in [3.05, 3.63) is 95.2 Å². The van der Waals surface area contributed by atoms with Gasteiger partial charge in [-0.1, -0.05) is 51.1 Å². The molecule has 0 bridgehead atoms. The number of nitrogens with zero attached hydrogens (tertiary/aromatic N) is 3. The Kier molecular flexibility index (Phi) is 12.8. The van der Waals surface area contributed by atoms with Crippen LogP contribution in [0.1, 0.15) is 76.1 Å². The second-order valence-electron chi connectivity index (χ2n) is 13.6. The summed E-state index contributed by atoms with van der Waals surface area (Å²) >= 11 is 1.29. The number of nitrogens with two attached hydrogens (primary N) is 1. The second-order valence-corrected chi connectivity index (χ2v) is 14.2. The van der Waals surface area contributed by atoms with Crippen molar-refractivity contribution in [2.24, 2.45) is 16.1 Å². The van der Waals surface area contributed by atoms with Gasteiger partial charge in [0, 0.05) is 42.6 Å². The van der Waals surface area contributed by atoms with Gasteiger partial charge in [0.15, 0.2) is 0 Å². The van der Waals surface area contributed by atoms with Crippen LogP contribution in [0.5, 0.6) is 11.5 Å². The van der Waals surface area contributed by atoms with Gasteiger partial charge >= 0.3 is 6.03 Å². The molecule has 13 heteroatoms. The van der Waals surface area contributed by atoms with Gasteiger partial charge in [0.1, 0.15) is 35.5 Å². The molecule has 2 amide bonds. The molecule has 2 atom stereocenters. The molecule has 0 saturated carbocycles. The number of amides is 2. The highest BCUT2D eigenvalue weighted by atomic mass is 32.2. The molecule has 12 nitrogen and oxygen atoms in total. The molecule has 5 rings (SSSR count). The Balaban J connectivity index is 1.30. The number of pyridine rings is 1. The highest BCUT2D eigenvalue weighted by molar-refractivity contribution is 7.93. The number of carbonyl (C=O) groups excluding carboxylic acids is 1. The molecule has 0 radical (unpaired) electrons. The summed E-state index contributed by atoms with van der Waals surface area (Å²) in [4.78, 5) is 20.3. The molecule has 1 fully saturated rings. The molecular formula is C38H50N8O4S. The van der Waals surface area contributed by atoms with Crippen LogP contribution in [0, 0.1) is 16.2 Å². The molecule has 3 aromatic rings. The molecule has 1 aromatic heterocycles. The molecule has 1 saturated heterocycles. The fourth-order valence-corrected chi connectivity index (χ4v) is 6.24. The summed E-state index contributed by atoms with van der Waals surface area (Å²) in [6.07, 6.45) is 9.58. The number of aliphatic imine (C=N–C) groups is 1. The van der Waals surface area contributed by atoms with Crippen molar-refractivity contribution in [1.82, 2.24) is 20.1 Å². The van der Waals surface area contributed by atoms with Gasteiger partial charge in [0.25, 0.3) is 0 Å². The third-order valence-corrected chi connectivity index (χ3v) is 9.25. The summed E-state index contributed by atoms with van der Waals surface area (Å²) in [6.45, 7) is 8.48. The summed E-state index contributed by atoms with van der Waals surface area (Å²) in [5.41, 5.74) is 9.43. The highest BCUT2D eigenvalue weighted by Gasteiger charge is 2.30. The van der Waals surface area contributed by atoms with Crippen molar-refractivity contribution in [2.45, 2.75) is 65.0 Å². The van der Waals surface area contributed by atoms with E-state index in [-0.39, 0.29) is 23.0 Å². The zero-order chi connectivity index (χ0) is 36.4. The molecule has 272 valence electrons. The number of urea groups is 1. The van der Waals surface area contributed by atoms with Crippen molar-refractivity contribution in [2.75, 3.05) is 32.6 Å². The molecule has 51 heavy (non-hydrogen) atoms. The standard InChI is InChI=1S/C38H50N8O4S/c1-38(2,3)33(39)24-35(42-26-11-10-12-27(23-26)48-21-22-49-51-4)44-37(47)43-31-16-17-32(30-14-7-6-13-29(30)31)50-28-15-18-34(40)46(25-28)36(41)45-19-8-5-9-20-45/h6-7,10-15,18,23-25,31-32,40-41H,5,8-9,16-17,19-22,39H2,1-4H3,(H2,42,43,44,47)/b33-24-,40-34?,41-36?/t31-,32+/m0/s1. The first-order chi connectivity index (χ1) is 24.5. The lowest BCUT2D eigenvalue weighted by molar-refractivity contribution is 0.171. The van der Waals surface area contributed by atoms with E-state index in [2.05, 4.69) is 10.6 Å². The minimum absolute atomic E-state index is 0.233. The number of likely N-dealkylation sites (tertiary alicyclic amines) is 1. The average Bonchev–Trinajstić information content (AvgIpc) is 3.11. The first-order valence-electron chi connectivity index (χ1n) is 17.4. The van der Waals surface area contributed by atoms with Gasteiger partial charge < -0.3 is 29.6 Å². The lowest BCUT2D eigenvalue weighted by Crippen LogP contribution is -2.43. The highest BCUT2D eigenvalue weighted by Crippen LogP contribution is 2.38. The number of benzene rings is 2. The van der Waals surface area contributed by atoms with Gasteiger partial charge in [-0.15, -0.1) is 0 Å². The first kappa shape index (κ1) is 37.5. The number of allylic oxidation sites excluding steroid dienone is 1. The largest absolute Gasteiger partial charge is 0.491 e. The Hall–Kier alpha value is -4.75. The maximum atomic E-state index is 13.6. The molecular weight excluding hydrogens is 665 g/mol. The predicted molar refractivity (Wildman–Crippen MR) is 203 cm³/mol. The van der Waals surface area contributed by atoms with E-state index in [9.17, 15) is 4.79 Å². The van der Waals surface area contributed by atoms with E-state index in [4.69, 9.17) is 35.2 Å². The van der Waals surface area contributed by atoms with Crippen molar-refractivity contribution in [1.29, 1.82) is 10.8 Å². The quantitative estimate of drug-likeness (QED) is 0.0669. The zero-order valence-electron chi connectivity index (χ0n) is 29.9. The van der Waals surface area contributed by atoms with Crippen LogP contribution in [0.2, 0.25) is 0 Å². The zero-order valence-corrected chi connectivity index (χ0v) is 30.7. The van der Waals surface area contributed by atoms with E-state index >= 15 is 0 Å². The summed E-state index contributed by atoms with van der Waals surface area (Å²) < 4.78 is 19.2. The van der Waals surface area contributed by atoms with Gasteiger partial charge in [0.05, 0.1) is 24.5 Å². The number of nitrogens with one attached hydrogen (secondary N) is 4. The van der Waals surface area contributed by atoms with Crippen molar-refractivity contribution in [3.8, 4) is 11.5 Å². The van der Waals surface area contributed by atoms with Crippen LogP contribution < -0.4 is 31.3 Å². The van der Waals surface area contributed by atoms with Crippen LogP contribution >= 0.6 is 12.0 Å². The molecule has 2 heterocycles. The number of ether oxygens (including phenoxy) is 2. The van der Waals surface area contributed by atoms with E-state index in [1.807, 2.05) is 74.4 Å². The first-order valence-corrected chi connectivity index (χ1v) is 18.6. The fraction of sp³-hybridized carbons (Fsp3) is 0.421. The van der Waals surface area contributed by atoms with E-state index < -0.39 is 6.03 Å². The van der Waals surface area contributed by atoms with Crippen LogP contribution in [0.3, 0.4) is 0 Å². The summed E-state index contributed by atoms with van der Waals surface area (Å²) in [5, 5.41) is 23.3. The molecule has 0 unspecified atom stereocenters. The van der Waals surface area contributed by atoms with E-state index in [0.29, 0.717) is 60.7 Å². The summed E-state index contributed by atoms with van der Waals surface area (Å²) in [5.74, 6) is 1.82. The number of hydrogen-bond acceptors (Lipinski definition) is 9. The number of amidine groups is 1. The number of carbonyl (C=O) groups is 1. The third-order valence-electron chi connectivity index (χ3n) is 8.84. The number of piperidine rings is 1. The van der Waals surface area contributed by atoms with Crippen LogP contribution in [-0.4, -0.2) is 59.9 Å². The SMILES string of the molecule is CSOCCOc1cccc(N=C(/C=C(\N)C(C)(C)C)NC(=O)N[C@H]2CC[C@@H](Oc3ccc(=N)n(C(=N)N4CCCCC4)c3)c3ccccc32)c1. The Bertz CT molecular complexity index is 1790. The van der Waals surface area contributed by atoms with Gasteiger partial charge in [-0.2, -0.15) is 0 Å². The third kappa shape index (κ3) is 10.4. The van der Waals surface area contributed by atoms with Gasteiger partial charge in [-0.3, -0.25) is 20.7 Å². The lowest BCUT2D eigenvalue weighted by atomic mass is 9.85. The lowest BCUT2D eigenvalue weighted by Gasteiger charge is -2.33. The molecule has 6 N–H and O–H groups in total.